The summed E-state index contributed by atoms with van der Waals surface area (Å²) in [7, 11) is 4.02. The predicted molar refractivity (Wildman–Crippen MR) is 110 cm³/mol. The molecule has 0 aromatic rings. The molecular formula is C24H37NO4. The van der Waals surface area contributed by atoms with Crippen molar-refractivity contribution in [3.8, 4) is 0 Å². The fourth-order valence-corrected chi connectivity index (χ4v) is 8.42. The number of methoxy groups -OCH3 is 1. The van der Waals surface area contributed by atoms with E-state index in [4.69, 9.17) is 9.47 Å². The van der Waals surface area contributed by atoms with Gasteiger partial charge in [-0.25, -0.2) is 0 Å². The first-order valence-electron chi connectivity index (χ1n) is 11.6. The van der Waals surface area contributed by atoms with Crippen LogP contribution < -0.4 is 0 Å². The van der Waals surface area contributed by atoms with Gasteiger partial charge in [-0.2, -0.15) is 0 Å². The van der Waals surface area contributed by atoms with Gasteiger partial charge in [0.05, 0.1) is 12.5 Å². The summed E-state index contributed by atoms with van der Waals surface area (Å²) >= 11 is 0. The first kappa shape index (κ1) is 20.0. The summed E-state index contributed by atoms with van der Waals surface area (Å²) in [5.41, 5.74) is 3.21. The molecule has 2 bridgehead atoms. The van der Waals surface area contributed by atoms with Crippen LogP contribution in [-0.4, -0.2) is 55.6 Å². The third-order valence-corrected chi connectivity index (χ3v) is 9.72. The number of carbonyl (C=O) groups is 1. The zero-order valence-electron chi connectivity index (χ0n) is 18.5. The number of hydrogen-bond donors (Lipinski definition) is 1. The number of rotatable bonds is 3. The molecule has 1 N–H and O–H groups in total. The second kappa shape index (κ2) is 6.54. The van der Waals surface area contributed by atoms with E-state index in [1.807, 2.05) is 0 Å². The third kappa shape index (κ3) is 2.47. The number of likely N-dealkylation sites (tertiary alicyclic amines) is 1. The average Bonchev–Trinajstić information content (AvgIpc) is 3.23. The van der Waals surface area contributed by atoms with Crippen LogP contribution in [0.3, 0.4) is 0 Å². The minimum Gasteiger partial charge on any atom is -0.481 e. The summed E-state index contributed by atoms with van der Waals surface area (Å²) < 4.78 is 12.6. The van der Waals surface area contributed by atoms with Gasteiger partial charge in [0.1, 0.15) is 0 Å². The molecule has 29 heavy (non-hydrogen) atoms. The van der Waals surface area contributed by atoms with Gasteiger partial charge >= 0.3 is 5.97 Å². The van der Waals surface area contributed by atoms with Crippen LogP contribution in [0.5, 0.6) is 0 Å². The van der Waals surface area contributed by atoms with Gasteiger partial charge in [0.2, 0.25) is 0 Å². The fraction of sp³-hybridized carbons (Fsp3) is 0.875. The van der Waals surface area contributed by atoms with Crippen LogP contribution in [0.4, 0.5) is 0 Å². The Morgan fingerprint density at radius 2 is 2.03 bits per heavy atom. The summed E-state index contributed by atoms with van der Waals surface area (Å²) in [6.07, 6.45) is 7.36. The van der Waals surface area contributed by atoms with E-state index < -0.39 is 11.8 Å². The summed E-state index contributed by atoms with van der Waals surface area (Å²) in [6, 6.07) is 0. The van der Waals surface area contributed by atoms with Crippen LogP contribution in [0.15, 0.2) is 11.1 Å². The fourth-order valence-electron chi connectivity index (χ4n) is 8.42. The number of allylic oxidation sites excluding steroid dienone is 1. The molecule has 5 rings (SSSR count). The summed E-state index contributed by atoms with van der Waals surface area (Å²) in [5, 5.41) is 10.1. The van der Waals surface area contributed by atoms with E-state index in [0.29, 0.717) is 18.4 Å². The van der Waals surface area contributed by atoms with Crippen LogP contribution in [0.2, 0.25) is 0 Å². The van der Waals surface area contributed by atoms with Crippen LogP contribution in [0, 0.1) is 34.5 Å². The van der Waals surface area contributed by atoms with Gasteiger partial charge in [-0.3, -0.25) is 4.79 Å². The first-order valence-corrected chi connectivity index (χ1v) is 11.6. The van der Waals surface area contributed by atoms with Crippen LogP contribution in [0.1, 0.15) is 58.8 Å². The molecule has 2 saturated heterocycles. The largest absolute Gasteiger partial charge is 0.481 e. The molecule has 2 heterocycles. The van der Waals surface area contributed by atoms with Crippen molar-refractivity contribution in [2.24, 2.45) is 34.5 Å². The smallest absolute Gasteiger partial charge is 0.307 e. The minimum atomic E-state index is -0.587. The van der Waals surface area contributed by atoms with E-state index in [0.717, 1.165) is 45.2 Å². The van der Waals surface area contributed by atoms with Crippen LogP contribution in [0.25, 0.3) is 0 Å². The molecule has 3 aliphatic carbocycles. The Balaban J connectivity index is 1.62. The Morgan fingerprint density at radius 1 is 1.28 bits per heavy atom. The Labute approximate surface area is 174 Å². The lowest BCUT2D eigenvalue weighted by molar-refractivity contribution is -0.311. The van der Waals surface area contributed by atoms with Crippen molar-refractivity contribution in [2.45, 2.75) is 64.6 Å². The van der Waals surface area contributed by atoms with E-state index in [9.17, 15) is 9.90 Å². The molecule has 5 aliphatic rings. The molecule has 0 aromatic heterocycles. The van der Waals surface area contributed by atoms with E-state index in [-0.39, 0.29) is 22.7 Å². The highest BCUT2D eigenvalue weighted by molar-refractivity contribution is 5.73. The lowest BCUT2D eigenvalue weighted by Crippen LogP contribution is -2.64. The van der Waals surface area contributed by atoms with Crippen molar-refractivity contribution in [3.63, 3.8) is 0 Å². The Hall–Kier alpha value is -0.910. The number of hydrogen-bond acceptors (Lipinski definition) is 4. The molecule has 162 valence electrons. The Kier molecular flexibility index (Phi) is 4.52. The number of piperidine rings is 1. The third-order valence-electron chi connectivity index (χ3n) is 9.72. The molecule has 0 unspecified atom stereocenters. The molecule has 5 nitrogen and oxygen atoms in total. The number of nitrogens with zero attached hydrogens (tertiary/aromatic N) is 1. The Morgan fingerprint density at radius 3 is 2.66 bits per heavy atom. The van der Waals surface area contributed by atoms with Crippen molar-refractivity contribution >= 4 is 5.97 Å². The van der Waals surface area contributed by atoms with E-state index in [1.54, 1.807) is 18.3 Å². The summed E-state index contributed by atoms with van der Waals surface area (Å²) in [4.78, 5) is 14.8. The van der Waals surface area contributed by atoms with Crippen LogP contribution in [-0.2, 0) is 14.3 Å². The quantitative estimate of drug-likeness (QED) is 0.724. The standard InChI is InChI=1S/C24H37NO4/c1-15(2)24(28-4)10-9-22(14-29-24)17-7-5-16-6-8-18-19(21(26)27)11-23(22,20(16)18)13-25(3)12-17/h15,17-19H,5-14H2,1-4H3,(H,26,27)/t17-,18-,19-,22-,23-,24-/m1/s1. The van der Waals surface area contributed by atoms with Gasteiger partial charge in [-0.1, -0.05) is 25.0 Å². The molecule has 5 heteroatoms. The lowest BCUT2D eigenvalue weighted by atomic mass is 9.50. The number of aliphatic carboxylic acids is 1. The van der Waals surface area contributed by atoms with Crippen molar-refractivity contribution in [1.29, 1.82) is 0 Å². The molecule has 0 aromatic carbocycles. The summed E-state index contributed by atoms with van der Waals surface area (Å²) in [6.45, 7) is 7.19. The average molecular weight is 404 g/mol. The first-order chi connectivity index (χ1) is 13.8. The maximum atomic E-state index is 12.3. The van der Waals surface area contributed by atoms with E-state index >= 15 is 0 Å². The maximum absolute atomic E-state index is 12.3. The monoisotopic (exact) mass is 403 g/mol. The second-order valence-corrected chi connectivity index (χ2v) is 10.9. The van der Waals surface area contributed by atoms with Gasteiger partial charge in [0.25, 0.3) is 0 Å². The minimum absolute atomic E-state index is 0.0302. The molecule has 1 saturated carbocycles. The zero-order valence-corrected chi connectivity index (χ0v) is 18.5. The molecule has 0 radical (unpaired) electrons. The highest BCUT2D eigenvalue weighted by Gasteiger charge is 2.69. The van der Waals surface area contributed by atoms with E-state index in [1.165, 1.54) is 12.8 Å². The number of ether oxygens (including phenoxy) is 2. The van der Waals surface area contributed by atoms with Crippen molar-refractivity contribution in [3.05, 3.63) is 11.1 Å². The normalized spacial score (nSPS) is 47.0. The van der Waals surface area contributed by atoms with Crippen molar-refractivity contribution in [1.82, 2.24) is 4.90 Å². The molecule has 3 fully saturated rings. The van der Waals surface area contributed by atoms with Crippen molar-refractivity contribution in [2.75, 3.05) is 33.9 Å². The lowest BCUT2D eigenvalue weighted by Gasteiger charge is -2.62. The van der Waals surface area contributed by atoms with Gasteiger partial charge < -0.3 is 19.5 Å². The van der Waals surface area contributed by atoms with Gasteiger partial charge in [0.15, 0.2) is 5.79 Å². The molecule has 0 amide bonds. The van der Waals surface area contributed by atoms with Gasteiger partial charge in [0, 0.05) is 43.4 Å². The van der Waals surface area contributed by atoms with Crippen LogP contribution >= 0.6 is 0 Å². The molecule has 2 spiro atoms. The van der Waals surface area contributed by atoms with Gasteiger partial charge in [-0.05, 0) is 57.4 Å². The van der Waals surface area contributed by atoms with Gasteiger partial charge in [-0.15, -0.1) is 0 Å². The second-order valence-electron chi connectivity index (χ2n) is 10.9. The molecular weight excluding hydrogens is 366 g/mol. The molecule has 6 atom stereocenters. The topological polar surface area (TPSA) is 59.0 Å². The SMILES string of the molecule is CO[C@]1(C(C)C)CC[C@@]2(CO1)[C@@H]1CCC3=C4[C@H](CC3)[C@H](C(=O)O)C[C@@]42CN(C)C1. The molecule has 2 aliphatic heterocycles. The summed E-state index contributed by atoms with van der Waals surface area (Å²) in [5.74, 6) is -0.170. The number of carboxylic acid groups (broad SMARTS) is 1. The predicted octanol–water partition coefficient (Wildman–Crippen LogP) is 3.93. The van der Waals surface area contributed by atoms with E-state index in [2.05, 4.69) is 25.8 Å². The number of carboxylic acids is 1. The highest BCUT2D eigenvalue weighted by Crippen LogP contribution is 2.72. The maximum Gasteiger partial charge on any atom is 0.307 e. The van der Waals surface area contributed by atoms with Crippen molar-refractivity contribution < 1.29 is 19.4 Å². The Bertz CT molecular complexity index is 735. The zero-order chi connectivity index (χ0) is 20.6. The highest BCUT2D eigenvalue weighted by atomic mass is 16.7.